The topological polar surface area (TPSA) is 82.8 Å². The average molecular weight is 365 g/mol. The van der Waals surface area contributed by atoms with E-state index in [4.69, 9.17) is 10.2 Å². The van der Waals surface area contributed by atoms with Gasteiger partial charge in [0.25, 0.3) is 0 Å². The molecular formula is C19H19N5OS. The Morgan fingerprint density at radius 1 is 1.12 bits per heavy atom. The summed E-state index contributed by atoms with van der Waals surface area (Å²) in [5, 5.41) is 9.42. The fraction of sp³-hybridized carbons (Fsp3) is 0.211. The standard InChI is InChI=1S/C19H19N5OS/c1-13-9-10-15(25-13)18-17(14-6-3-2-4-7-14)21-12-24(18)11-5-8-16-22-23-19(20)26-16/h2-4,6-7,9-10,12H,5,8,11H2,1H3,(H2,20,23). The highest BCUT2D eigenvalue weighted by atomic mass is 32.1. The molecule has 0 aliphatic carbocycles. The minimum Gasteiger partial charge on any atom is -0.460 e. The molecule has 0 saturated carbocycles. The molecule has 26 heavy (non-hydrogen) atoms. The van der Waals surface area contributed by atoms with Crippen molar-refractivity contribution in [2.75, 3.05) is 5.73 Å². The minimum absolute atomic E-state index is 0.515. The zero-order valence-corrected chi connectivity index (χ0v) is 15.2. The smallest absolute Gasteiger partial charge is 0.203 e. The Balaban J connectivity index is 1.62. The van der Waals surface area contributed by atoms with Crippen molar-refractivity contribution in [2.45, 2.75) is 26.3 Å². The maximum atomic E-state index is 5.90. The predicted octanol–water partition coefficient (Wildman–Crippen LogP) is 4.19. The number of hydrogen-bond acceptors (Lipinski definition) is 6. The largest absolute Gasteiger partial charge is 0.460 e. The lowest BCUT2D eigenvalue weighted by atomic mass is 10.1. The van der Waals surface area contributed by atoms with Crippen LogP contribution in [0.4, 0.5) is 5.13 Å². The molecule has 0 aliphatic rings. The number of imidazole rings is 1. The Labute approximate surface area is 155 Å². The molecule has 0 aliphatic heterocycles. The van der Waals surface area contributed by atoms with Crippen LogP contribution in [0.2, 0.25) is 0 Å². The second-order valence-electron chi connectivity index (χ2n) is 6.05. The molecule has 0 amide bonds. The number of hydrogen-bond donors (Lipinski definition) is 1. The molecule has 0 saturated heterocycles. The summed E-state index contributed by atoms with van der Waals surface area (Å²) < 4.78 is 8.04. The molecule has 132 valence electrons. The van der Waals surface area contributed by atoms with Crippen molar-refractivity contribution in [3.63, 3.8) is 0 Å². The van der Waals surface area contributed by atoms with Crippen molar-refractivity contribution < 1.29 is 4.42 Å². The quantitative estimate of drug-likeness (QED) is 0.554. The summed E-state index contributed by atoms with van der Waals surface area (Å²) in [6.07, 6.45) is 3.64. The Hall–Kier alpha value is -2.93. The van der Waals surface area contributed by atoms with Crippen molar-refractivity contribution in [3.8, 4) is 22.7 Å². The molecule has 1 aromatic carbocycles. The molecule has 3 aromatic heterocycles. The van der Waals surface area contributed by atoms with E-state index >= 15 is 0 Å². The maximum absolute atomic E-state index is 5.90. The van der Waals surface area contributed by atoms with E-state index in [-0.39, 0.29) is 0 Å². The molecule has 2 N–H and O–H groups in total. The highest BCUT2D eigenvalue weighted by Gasteiger charge is 2.17. The van der Waals surface area contributed by atoms with Gasteiger partial charge >= 0.3 is 0 Å². The highest BCUT2D eigenvalue weighted by molar-refractivity contribution is 7.15. The van der Waals surface area contributed by atoms with E-state index in [2.05, 4.69) is 31.9 Å². The van der Waals surface area contributed by atoms with E-state index in [0.29, 0.717) is 5.13 Å². The Morgan fingerprint density at radius 3 is 2.65 bits per heavy atom. The van der Waals surface area contributed by atoms with E-state index in [1.807, 2.05) is 43.6 Å². The fourth-order valence-corrected chi connectivity index (χ4v) is 3.60. The second-order valence-corrected chi connectivity index (χ2v) is 7.14. The Kier molecular flexibility index (Phi) is 4.53. The molecule has 0 fully saturated rings. The molecule has 4 rings (SSSR count). The number of nitrogens with two attached hydrogens (primary N) is 1. The maximum Gasteiger partial charge on any atom is 0.203 e. The molecule has 6 nitrogen and oxygen atoms in total. The number of anilines is 1. The fourth-order valence-electron chi connectivity index (χ4n) is 2.95. The van der Waals surface area contributed by atoms with Crippen LogP contribution >= 0.6 is 11.3 Å². The Morgan fingerprint density at radius 2 is 1.96 bits per heavy atom. The van der Waals surface area contributed by atoms with Crippen LogP contribution in [0.1, 0.15) is 17.2 Å². The SMILES string of the molecule is Cc1ccc(-c2c(-c3ccccc3)ncn2CCCc2nnc(N)s2)o1. The number of furan rings is 1. The summed E-state index contributed by atoms with van der Waals surface area (Å²) in [6, 6.07) is 14.2. The van der Waals surface area contributed by atoms with Crippen molar-refractivity contribution in [1.82, 2.24) is 19.7 Å². The molecule has 4 aromatic rings. The van der Waals surface area contributed by atoms with Crippen LogP contribution in [-0.2, 0) is 13.0 Å². The van der Waals surface area contributed by atoms with E-state index in [1.165, 1.54) is 11.3 Å². The normalized spacial score (nSPS) is 11.1. The number of rotatable bonds is 6. The molecule has 0 radical (unpaired) electrons. The molecule has 0 spiro atoms. The van der Waals surface area contributed by atoms with Crippen LogP contribution in [0, 0.1) is 6.92 Å². The van der Waals surface area contributed by atoms with Crippen LogP contribution in [0.5, 0.6) is 0 Å². The van der Waals surface area contributed by atoms with Gasteiger partial charge in [0.2, 0.25) is 5.13 Å². The van der Waals surface area contributed by atoms with E-state index < -0.39 is 0 Å². The van der Waals surface area contributed by atoms with Crippen LogP contribution in [-0.4, -0.2) is 19.7 Å². The zero-order chi connectivity index (χ0) is 17.9. The first-order valence-electron chi connectivity index (χ1n) is 8.46. The number of nitrogens with zero attached hydrogens (tertiary/aromatic N) is 4. The first-order chi connectivity index (χ1) is 12.7. The molecule has 0 bridgehead atoms. The summed E-state index contributed by atoms with van der Waals surface area (Å²) >= 11 is 1.44. The van der Waals surface area contributed by atoms with Gasteiger partial charge in [-0.1, -0.05) is 41.7 Å². The van der Waals surface area contributed by atoms with Gasteiger partial charge in [-0.05, 0) is 25.5 Å². The number of aryl methyl sites for hydroxylation is 3. The monoisotopic (exact) mass is 365 g/mol. The van der Waals surface area contributed by atoms with Gasteiger partial charge in [0.15, 0.2) is 5.76 Å². The summed E-state index contributed by atoms with van der Waals surface area (Å²) in [5.41, 5.74) is 8.66. The first-order valence-corrected chi connectivity index (χ1v) is 9.27. The van der Waals surface area contributed by atoms with Gasteiger partial charge in [-0.3, -0.25) is 0 Å². The number of benzene rings is 1. The third-order valence-corrected chi connectivity index (χ3v) is 4.94. The molecular weight excluding hydrogens is 346 g/mol. The lowest BCUT2D eigenvalue weighted by Gasteiger charge is -2.08. The van der Waals surface area contributed by atoms with Gasteiger partial charge in [-0.2, -0.15) is 0 Å². The van der Waals surface area contributed by atoms with Crippen LogP contribution < -0.4 is 5.73 Å². The van der Waals surface area contributed by atoms with E-state index in [0.717, 1.165) is 52.9 Å². The van der Waals surface area contributed by atoms with Gasteiger partial charge in [-0.15, -0.1) is 10.2 Å². The van der Waals surface area contributed by atoms with Crippen molar-refractivity contribution >= 4 is 16.5 Å². The summed E-state index contributed by atoms with van der Waals surface area (Å²) in [7, 11) is 0. The molecule has 0 atom stereocenters. The third-order valence-electron chi connectivity index (χ3n) is 4.13. The van der Waals surface area contributed by atoms with Gasteiger partial charge in [0, 0.05) is 18.5 Å². The van der Waals surface area contributed by atoms with Crippen molar-refractivity contribution in [3.05, 3.63) is 59.6 Å². The van der Waals surface area contributed by atoms with Gasteiger partial charge in [-0.25, -0.2) is 4.98 Å². The van der Waals surface area contributed by atoms with Crippen LogP contribution in [0.25, 0.3) is 22.7 Å². The van der Waals surface area contributed by atoms with Crippen LogP contribution in [0.15, 0.2) is 53.2 Å². The number of nitrogen functional groups attached to an aromatic ring is 1. The highest BCUT2D eigenvalue weighted by Crippen LogP contribution is 2.32. The van der Waals surface area contributed by atoms with Gasteiger partial charge < -0.3 is 14.7 Å². The van der Waals surface area contributed by atoms with Gasteiger partial charge in [0.1, 0.15) is 16.5 Å². The lowest BCUT2D eigenvalue weighted by Crippen LogP contribution is -2.00. The predicted molar refractivity (Wildman–Crippen MR) is 103 cm³/mol. The minimum atomic E-state index is 0.515. The van der Waals surface area contributed by atoms with E-state index in [9.17, 15) is 0 Å². The van der Waals surface area contributed by atoms with Crippen molar-refractivity contribution in [1.29, 1.82) is 0 Å². The van der Waals surface area contributed by atoms with Gasteiger partial charge in [0.05, 0.1) is 12.0 Å². The summed E-state index contributed by atoms with van der Waals surface area (Å²) in [5.74, 6) is 1.72. The third kappa shape index (κ3) is 3.39. The zero-order valence-electron chi connectivity index (χ0n) is 14.4. The first kappa shape index (κ1) is 16.5. The molecule has 3 heterocycles. The summed E-state index contributed by atoms with van der Waals surface area (Å²) in [6.45, 7) is 2.76. The van der Waals surface area contributed by atoms with E-state index in [1.54, 1.807) is 0 Å². The average Bonchev–Trinajstić information content (AvgIpc) is 3.36. The second kappa shape index (κ2) is 7.13. The lowest BCUT2D eigenvalue weighted by molar-refractivity contribution is 0.538. The number of aromatic nitrogens is 4. The molecule has 0 unspecified atom stereocenters. The Bertz CT molecular complexity index is 1000. The van der Waals surface area contributed by atoms with Crippen molar-refractivity contribution in [2.24, 2.45) is 0 Å². The van der Waals surface area contributed by atoms with Crippen LogP contribution in [0.3, 0.4) is 0 Å². The summed E-state index contributed by atoms with van der Waals surface area (Å²) in [4.78, 5) is 4.66. The molecule has 7 heteroatoms.